The van der Waals surface area contributed by atoms with Crippen LogP contribution in [-0.4, -0.2) is 17.1 Å². The van der Waals surface area contributed by atoms with Crippen LogP contribution in [0.5, 0.6) is 5.75 Å². The molecule has 6 heteroatoms. The minimum atomic E-state index is -0.516. The normalized spacial score (nSPS) is 10.7. The molecule has 0 aliphatic rings. The van der Waals surface area contributed by atoms with Gasteiger partial charge in [0.05, 0.1) is 5.69 Å². The Labute approximate surface area is 141 Å². The van der Waals surface area contributed by atoms with E-state index < -0.39 is 5.82 Å². The van der Waals surface area contributed by atoms with Crippen LogP contribution < -0.4 is 10.1 Å². The number of carbonyl (C=O) groups excluding carboxylic acids is 1. The molecule has 118 valence electrons. The van der Waals surface area contributed by atoms with Crippen molar-refractivity contribution in [1.29, 1.82) is 0 Å². The van der Waals surface area contributed by atoms with Crippen molar-refractivity contribution in [3.05, 3.63) is 59.0 Å². The Morgan fingerprint density at radius 3 is 2.91 bits per heavy atom. The third-order valence-corrected chi connectivity index (χ3v) is 3.95. The molecule has 0 unspecified atom stereocenters. The van der Waals surface area contributed by atoms with Gasteiger partial charge in [-0.15, -0.1) is 0 Å². The molecular weight excluding hydrogens is 363 g/mol. The lowest BCUT2D eigenvalue weighted by molar-refractivity contribution is -0.118. The molecule has 0 fully saturated rings. The quantitative estimate of drug-likeness (QED) is 0.744. The highest BCUT2D eigenvalue weighted by molar-refractivity contribution is 9.10. The average Bonchev–Trinajstić information content (AvgIpc) is 2.89. The number of amides is 1. The van der Waals surface area contributed by atoms with Crippen LogP contribution in [-0.2, 0) is 11.8 Å². The number of benzene rings is 2. The van der Waals surface area contributed by atoms with Crippen LogP contribution in [0.1, 0.15) is 0 Å². The number of hydrogen-bond donors (Lipinski definition) is 1. The predicted octanol–water partition coefficient (Wildman–Crippen LogP) is 4.10. The Kier molecular flexibility index (Phi) is 4.34. The van der Waals surface area contributed by atoms with Gasteiger partial charge in [-0.25, -0.2) is 4.39 Å². The van der Waals surface area contributed by atoms with Gasteiger partial charge in [0, 0.05) is 28.6 Å². The summed E-state index contributed by atoms with van der Waals surface area (Å²) in [5, 5.41) is 3.73. The number of hydrogen-bond acceptors (Lipinski definition) is 2. The summed E-state index contributed by atoms with van der Waals surface area (Å²) in [4.78, 5) is 12.0. The van der Waals surface area contributed by atoms with E-state index in [2.05, 4.69) is 21.2 Å². The van der Waals surface area contributed by atoms with E-state index in [0.717, 1.165) is 10.9 Å². The van der Waals surface area contributed by atoms with E-state index in [4.69, 9.17) is 4.74 Å². The topological polar surface area (TPSA) is 43.3 Å². The summed E-state index contributed by atoms with van der Waals surface area (Å²) in [6.45, 7) is -0.262. The molecule has 0 aliphatic heterocycles. The van der Waals surface area contributed by atoms with Crippen molar-refractivity contribution in [3.63, 3.8) is 0 Å². The second kappa shape index (κ2) is 6.42. The minimum absolute atomic E-state index is 0.0428. The Hall–Kier alpha value is -2.34. The van der Waals surface area contributed by atoms with Crippen LogP contribution in [0.3, 0.4) is 0 Å². The van der Waals surface area contributed by atoms with Gasteiger partial charge >= 0.3 is 0 Å². The maximum absolute atomic E-state index is 13.6. The fourth-order valence-corrected chi connectivity index (χ4v) is 2.67. The van der Waals surface area contributed by atoms with Crippen LogP contribution in [0, 0.1) is 5.82 Å². The van der Waals surface area contributed by atoms with Crippen LogP contribution >= 0.6 is 15.9 Å². The maximum Gasteiger partial charge on any atom is 0.262 e. The van der Waals surface area contributed by atoms with Crippen LogP contribution in [0.25, 0.3) is 10.9 Å². The van der Waals surface area contributed by atoms with Gasteiger partial charge in [-0.1, -0.05) is 22.0 Å². The second-order valence-corrected chi connectivity index (χ2v) is 5.99. The zero-order chi connectivity index (χ0) is 16.4. The molecule has 0 spiro atoms. The van der Waals surface area contributed by atoms with E-state index >= 15 is 0 Å². The largest absolute Gasteiger partial charge is 0.481 e. The van der Waals surface area contributed by atoms with Crippen molar-refractivity contribution in [2.24, 2.45) is 7.05 Å². The summed E-state index contributed by atoms with van der Waals surface area (Å²) in [6.07, 6.45) is 1.92. The smallest absolute Gasteiger partial charge is 0.262 e. The van der Waals surface area contributed by atoms with E-state index in [0.29, 0.717) is 10.2 Å². The molecule has 2 aromatic carbocycles. The van der Waals surface area contributed by atoms with Crippen LogP contribution in [0.15, 0.2) is 53.1 Å². The Morgan fingerprint density at radius 1 is 1.30 bits per heavy atom. The van der Waals surface area contributed by atoms with Crippen LogP contribution in [0.2, 0.25) is 0 Å². The molecule has 0 radical (unpaired) electrons. The van der Waals surface area contributed by atoms with E-state index in [1.165, 1.54) is 12.1 Å². The van der Waals surface area contributed by atoms with Gasteiger partial charge in [0.2, 0.25) is 0 Å². The van der Waals surface area contributed by atoms with Gasteiger partial charge in [0.1, 0.15) is 0 Å². The predicted molar refractivity (Wildman–Crippen MR) is 91.1 cm³/mol. The number of rotatable bonds is 4. The second-order valence-electron chi connectivity index (χ2n) is 5.08. The number of fused-ring (bicyclic) bond motifs is 1. The third kappa shape index (κ3) is 3.37. The Balaban J connectivity index is 1.69. The summed E-state index contributed by atoms with van der Waals surface area (Å²) in [5.74, 6) is -0.817. The van der Waals surface area contributed by atoms with E-state index in [1.54, 1.807) is 6.07 Å². The third-order valence-electron chi connectivity index (χ3n) is 3.45. The van der Waals surface area contributed by atoms with Crippen molar-refractivity contribution in [3.8, 4) is 5.75 Å². The Bertz CT molecular complexity index is 876. The average molecular weight is 377 g/mol. The molecule has 0 aliphatic carbocycles. The number of anilines is 1. The molecule has 4 nitrogen and oxygen atoms in total. The lowest BCUT2D eigenvalue weighted by Gasteiger charge is -2.09. The first-order valence-corrected chi connectivity index (χ1v) is 7.75. The molecule has 0 saturated heterocycles. The highest BCUT2D eigenvalue weighted by Crippen LogP contribution is 2.24. The van der Waals surface area contributed by atoms with Gasteiger partial charge in [-0.3, -0.25) is 4.79 Å². The molecular formula is C17H14BrFN2O2. The first-order chi connectivity index (χ1) is 11.0. The molecule has 23 heavy (non-hydrogen) atoms. The van der Waals surface area contributed by atoms with Gasteiger partial charge in [-0.2, -0.15) is 0 Å². The minimum Gasteiger partial charge on any atom is -0.481 e. The molecule has 3 aromatic rings. The number of nitrogens with one attached hydrogen (secondary N) is 1. The maximum atomic E-state index is 13.6. The highest BCUT2D eigenvalue weighted by atomic mass is 79.9. The van der Waals surface area contributed by atoms with Crippen molar-refractivity contribution in [2.45, 2.75) is 0 Å². The van der Waals surface area contributed by atoms with Crippen molar-refractivity contribution in [1.82, 2.24) is 4.57 Å². The zero-order valence-electron chi connectivity index (χ0n) is 12.3. The highest BCUT2D eigenvalue weighted by Gasteiger charge is 2.10. The molecule has 1 aromatic heterocycles. The van der Waals surface area contributed by atoms with E-state index in [9.17, 15) is 9.18 Å². The van der Waals surface area contributed by atoms with Gasteiger partial charge in [0.25, 0.3) is 5.91 Å². The molecule has 0 bridgehead atoms. The van der Waals surface area contributed by atoms with Gasteiger partial charge in [-0.05, 0) is 36.4 Å². The number of aryl methyl sites for hydroxylation is 1. The van der Waals surface area contributed by atoms with Gasteiger partial charge < -0.3 is 14.6 Å². The number of aromatic nitrogens is 1. The SMILES string of the molecule is Cn1ccc2c(NC(=O)COc3ccc(Br)cc3F)cccc21. The molecule has 3 rings (SSSR count). The molecule has 1 heterocycles. The number of halogens is 2. The fourth-order valence-electron chi connectivity index (χ4n) is 2.33. The summed E-state index contributed by atoms with van der Waals surface area (Å²) < 4.78 is 21.5. The first-order valence-electron chi connectivity index (χ1n) is 6.96. The molecule has 1 N–H and O–H groups in total. The molecule has 1 amide bonds. The summed E-state index contributed by atoms with van der Waals surface area (Å²) in [6, 6.07) is 12.0. The lowest BCUT2D eigenvalue weighted by atomic mass is 10.2. The summed E-state index contributed by atoms with van der Waals surface area (Å²) in [7, 11) is 1.94. The Morgan fingerprint density at radius 2 is 2.13 bits per heavy atom. The fraction of sp³-hybridized carbons (Fsp3) is 0.118. The van der Waals surface area contributed by atoms with E-state index in [-0.39, 0.29) is 18.3 Å². The van der Waals surface area contributed by atoms with Gasteiger partial charge in [0.15, 0.2) is 18.2 Å². The standard InChI is InChI=1S/C17H14BrFN2O2/c1-21-8-7-12-14(3-2-4-15(12)21)20-17(22)10-23-16-6-5-11(18)9-13(16)19/h2-9H,10H2,1H3,(H,20,22). The first kappa shape index (κ1) is 15.6. The zero-order valence-corrected chi connectivity index (χ0v) is 13.9. The number of nitrogens with zero attached hydrogens (tertiary/aromatic N) is 1. The van der Waals surface area contributed by atoms with Crippen molar-refractivity contribution >= 4 is 38.4 Å². The molecule has 0 saturated carbocycles. The lowest BCUT2D eigenvalue weighted by Crippen LogP contribution is -2.20. The van der Waals surface area contributed by atoms with Crippen molar-refractivity contribution in [2.75, 3.05) is 11.9 Å². The molecule has 0 atom stereocenters. The van der Waals surface area contributed by atoms with Crippen LogP contribution in [0.4, 0.5) is 10.1 Å². The monoisotopic (exact) mass is 376 g/mol. The summed E-state index contributed by atoms with van der Waals surface area (Å²) >= 11 is 3.17. The van der Waals surface area contributed by atoms with E-state index in [1.807, 2.05) is 42.1 Å². The van der Waals surface area contributed by atoms with Crippen molar-refractivity contribution < 1.29 is 13.9 Å². The number of ether oxygens (including phenoxy) is 1. The number of carbonyl (C=O) groups is 1. The summed E-state index contributed by atoms with van der Waals surface area (Å²) in [5.41, 5.74) is 1.72.